The first-order valence-corrected chi connectivity index (χ1v) is 10.5. The predicted molar refractivity (Wildman–Crippen MR) is 120 cm³/mol. The van der Waals surface area contributed by atoms with Gasteiger partial charge in [-0.05, 0) is 66.5 Å². The minimum atomic E-state index is -0.474. The van der Waals surface area contributed by atoms with Gasteiger partial charge in [0.2, 0.25) is 0 Å². The van der Waals surface area contributed by atoms with Gasteiger partial charge < -0.3 is 18.9 Å². The summed E-state index contributed by atoms with van der Waals surface area (Å²) in [6.45, 7) is 5.80. The summed E-state index contributed by atoms with van der Waals surface area (Å²) in [5, 5.41) is 3.94. The maximum atomic E-state index is 11.9. The molecule has 0 fully saturated rings. The van der Waals surface area contributed by atoms with Gasteiger partial charge in [-0.25, -0.2) is 10.2 Å². The number of rotatable bonds is 11. The number of nitrogens with one attached hydrogen (secondary N) is 1. The van der Waals surface area contributed by atoms with Crippen molar-refractivity contribution in [2.45, 2.75) is 20.8 Å². The number of hydrazone groups is 1. The van der Waals surface area contributed by atoms with Crippen molar-refractivity contribution in [2.24, 2.45) is 5.10 Å². The van der Waals surface area contributed by atoms with Crippen LogP contribution in [0.4, 0.5) is 0 Å². The molecule has 0 aromatic heterocycles. The highest BCUT2D eigenvalue weighted by atomic mass is 79.9. The summed E-state index contributed by atoms with van der Waals surface area (Å²) in [5.41, 5.74) is 4.17. The van der Waals surface area contributed by atoms with Gasteiger partial charge in [-0.1, -0.05) is 17.7 Å². The van der Waals surface area contributed by atoms with Crippen molar-refractivity contribution in [1.82, 2.24) is 5.43 Å². The summed E-state index contributed by atoms with van der Waals surface area (Å²) in [7, 11) is 0. The Morgan fingerprint density at radius 3 is 2.45 bits per heavy atom. The van der Waals surface area contributed by atoms with E-state index in [0.717, 1.165) is 5.56 Å². The lowest BCUT2D eigenvalue weighted by Gasteiger charge is -2.14. The first kappa shape index (κ1) is 24.2. The molecule has 0 aliphatic rings. The average molecular weight is 493 g/mol. The average Bonchev–Trinajstić information content (AvgIpc) is 2.73. The van der Waals surface area contributed by atoms with Crippen molar-refractivity contribution in [3.05, 3.63) is 52.0 Å². The molecular weight excluding hydrogens is 468 g/mol. The van der Waals surface area contributed by atoms with Crippen molar-refractivity contribution in [2.75, 3.05) is 26.4 Å². The van der Waals surface area contributed by atoms with E-state index >= 15 is 0 Å². The van der Waals surface area contributed by atoms with E-state index in [1.165, 1.54) is 6.21 Å². The third-order valence-electron chi connectivity index (χ3n) is 3.77. The number of carbonyl (C=O) groups is 2. The molecule has 1 N–H and O–H groups in total. The van der Waals surface area contributed by atoms with Crippen LogP contribution in [-0.4, -0.2) is 44.5 Å². The summed E-state index contributed by atoms with van der Waals surface area (Å²) in [6, 6.07) is 10.8. The number of esters is 1. The van der Waals surface area contributed by atoms with E-state index in [9.17, 15) is 9.59 Å². The fraction of sp³-hybridized carbons (Fsp3) is 0.318. The zero-order chi connectivity index (χ0) is 22.6. The van der Waals surface area contributed by atoms with Crippen LogP contribution in [0.5, 0.6) is 17.2 Å². The van der Waals surface area contributed by atoms with Crippen LogP contribution in [0.15, 0.2) is 46.0 Å². The fourth-order valence-electron chi connectivity index (χ4n) is 2.39. The molecule has 0 radical (unpaired) electrons. The van der Waals surface area contributed by atoms with Crippen LogP contribution in [-0.2, 0) is 14.3 Å². The van der Waals surface area contributed by atoms with Gasteiger partial charge >= 0.3 is 5.97 Å². The lowest BCUT2D eigenvalue weighted by molar-refractivity contribution is -0.145. The van der Waals surface area contributed by atoms with E-state index in [1.54, 1.807) is 31.2 Å². The standard InChI is InChI=1S/C22H25BrN2O6/c1-4-28-19-11-16(10-18(23)22(19)31-14-21(27)29-5-2)12-24-25-20(26)13-30-17-8-6-15(3)7-9-17/h6-12H,4-5,13-14H2,1-3H3,(H,25,26). The normalized spacial score (nSPS) is 10.6. The quantitative estimate of drug-likeness (QED) is 0.292. The molecule has 2 rings (SSSR count). The van der Waals surface area contributed by atoms with E-state index in [-0.39, 0.29) is 19.8 Å². The number of nitrogens with zero attached hydrogens (tertiary/aromatic N) is 1. The zero-order valence-corrected chi connectivity index (χ0v) is 19.2. The number of benzene rings is 2. The smallest absolute Gasteiger partial charge is 0.344 e. The van der Waals surface area contributed by atoms with Gasteiger partial charge in [0.25, 0.3) is 5.91 Å². The summed E-state index contributed by atoms with van der Waals surface area (Å²) in [6.07, 6.45) is 1.46. The molecule has 8 nitrogen and oxygen atoms in total. The zero-order valence-electron chi connectivity index (χ0n) is 17.6. The molecule has 9 heteroatoms. The van der Waals surface area contributed by atoms with E-state index in [0.29, 0.717) is 33.9 Å². The Hall–Kier alpha value is -3.07. The maximum Gasteiger partial charge on any atom is 0.344 e. The molecule has 31 heavy (non-hydrogen) atoms. The van der Waals surface area contributed by atoms with Crippen molar-refractivity contribution >= 4 is 34.0 Å². The first-order chi connectivity index (χ1) is 14.9. The van der Waals surface area contributed by atoms with Crippen molar-refractivity contribution < 1.29 is 28.5 Å². The Bertz CT molecular complexity index is 915. The lowest BCUT2D eigenvalue weighted by atomic mass is 10.2. The van der Waals surface area contributed by atoms with E-state index in [1.807, 2.05) is 26.0 Å². The van der Waals surface area contributed by atoms with Crippen LogP contribution in [0, 0.1) is 6.92 Å². The Kier molecular flexibility index (Phi) is 9.83. The summed E-state index contributed by atoms with van der Waals surface area (Å²) >= 11 is 3.41. The van der Waals surface area contributed by atoms with Crippen molar-refractivity contribution in [1.29, 1.82) is 0 Å². The molecule has 1 amide bonds. The molecule has 2 aromatic rings. The third kappa shape index (κ3) is 8.29. The van der Waals surface area contributed by atoms with Crippen LogP contribution < -0.4 is 19.6 Å². The fourth-order valence-corrected chi connectivity index (χ4v) is 2.97. The molecule has 0 saturated carbocycles. The Morgan fingerprint density at radius 1 is 1.03 bits per heavy atom. The second kappa shape index (κ2) is 12.6. The van der Waals surface area contributed by atoms with Gasteiger partial charge in [0.05, 0.1) is 23.9 Å². The SMILES string of the molecule is CCOC(=O)COc1c(Br)cc(C=NNC(=O)COc2ccc(C)cc2)cc1OCC. The molecule has 0 aliphatic heterocycles. The Labute approximate surface area is 189 Å². The molecule has 0 aliphatic carbocycles. The van der Waals surface area contributed by atoms with Crippen molar-refractivity contribution in [3.8, 4) is 17.2 Å². The molecule has 2 aromatic carbocycles. The highest BCUT2D eigenvalue weighted by Gasteiger charge is 2.14. The summed E-state index contributed by atoms with van der Waals surface area (Å²) in [5.74, 6) is 0.543. The highest BCUT2D eigenvalue weighted by Crippen LogP contribution is 2.36. The molecule has 0 atom stereocenters. The Morgan fingerprint density at radius 2 is 1.77 bits per heavy atom. The number of aryl methyl sites for hydroxylation is 1. The van der Waals surface area contributed by atoms with Crippen LogP contribution in [0.2, 0.25) is 0 Å². The molecule has 0 heterocycles. The second-order valence-corrected chi connectivity index (χ2v) is 7.11. The van der Waals surface area contributed by atoms with Crippen LogP contribution in [0.3, 0.4) is 0 Å². The molecule has 0 unspecified atom stereocenters. The van der Waals surface area contributed by atoms with Gasteiger partial charge in [0, 0.05) is 0 Å². The Balaban J connectivity index is 1.96. The first-order valence-electron chi connectivity index (χ1n) is 9.69. The van der Waals surface area contributed by atoms with Crippen LogP contribution >= 0.6 is 15.9 Å². The number of carbonyl (C=O) groups excluding carboxylic acids is 2. The highest BCUT2D eigenvalue weighted by molar-refractivity contribution is 9.10. The van der Waals surface area contributed by atoms with E-state index in [4.69, 9.17) is 18.9 Å². The molecule has 0 bridgehead atoms. The largest absolute Gasteiger partial charge is 0.490 e. The van der Waals surface area contributed by atoms with Gasteiger partial charge in [0.1, 0.15) is 5.75 Å². The second-order valence-electron chi connectivity index (χ2n) is 6.25. The number of ether oxygens (including phenoxy) is 4. The number of hydrogen-bond acceptors (Lipinski definition) is 7. The molecule has 0 spiro atoms. The monoisotopic (exact) mass is 492 g/mol. The van der Waals surface area contributed by atoms with Crippen LogP contribution in [0.25, 0.3) is 0 Å². The van der Waals surface area contributed by atoms with E-state index < -0.39 is 11.9 Å². The van der Waals surface area contributed by atoms with Gasteiger partial charge in [0.15, 0.2) is 24.7 Å². The maximum absolute atomic E-state index is 11.9. The summed E-state index contributed by atoms with van der Waals surface area (Å²) in [4.78, 5) is 23.5. The molecule has 166 valence electrons. The molecule has 0 saturated heterocycles. The minimum absolute atomic E-state index is 0.158. The van der Waals surface area contributed by atoms with Crippen LogP contribution in [0.1, 0.15) is 25.0 Å². The number of amides is 1. The number of hydrogen-bond donors (Lipinski definition) is 1. The lowest BCUT2D eigenvalue weighted by Crippen LogP contribution is -2.24. The number of halogens is 1. The summed E-state index contributed by atoms with van der Waals surface area (Å²) < 4.78 is 22.0. The topological polar surface area (TPSA) is 95.5 Å². The van der Waals surface area contributed by atoms with Gasteiger partial charge in [-0.3, -0.25) is 4.79 Å². The minimum Gasteiger partial charge on any atom is -0.490 e. The molecular formula is C22H25BrN2O6. The van der Waals surface area contributed by atoms with Gasteiger partial charge in [-0.15, -0.1) is 0 Å². The predicted octanol–water partition coefficient (Wildman–Crippen LogP) is 3.63. The van der Waals surface area contributed by atoms with Gasteiger partial charge in [-0.2, -0.15) is 5.10 Å². The van der Waals surface area contributed by atoms with Crippen molar-refractivity contribution in [3.63, 3.8) is 0 Å². The van der Waals surface area contributed by atoms with E-state index in [2.05, 4.69) is 26.5 Å². The third-order valence-corrected chi connectivity index (χ3v) is 4.35.